The summed E-state index contributed by atoms with van der Waals surface area (Å²) in [4.78, 5) is 23.9. The molecule has 2 N–H and O–H groups in total. The molecule has 4 nitrogen and oxygen atoms in total. The van der Waals surface area contributed by atoms with Gasteiger partial charge in [-0.2, -0.15) is 0 Å². The highest BCUT2D eigenvalue weighted by Gasteiger charge is 2.46. The summed E-state index contributed by atoms with van der Waals surface area (Å²) in [5.74, 6) is -5.10. The molecule has 0 amide bonds. The van der Waals surface area contributed by atoms with Crippen LogP contribution >= 0.6 is 0 Å². The Morgan fingerprint density at radius 1 is 0.625 bits per heavy atom. The topological polar surface area (TPSA) is 74.6 Å². The van der Waals surface area contributed by atoms with Gasteiger partial charge < -0.3 is 10.2 Å². The molecule has 122 valence electrons. The van der Waals surface area contributed by atoms with Crippen LogP contribution in [0.1, 0.15) is 23.0 Å². The highest BCUT2D eigenvalue weighted by molar-refractivity contribution is 5.83. The number of allylic oxidation sites excluding steroid dienone is 2. The summed E-state index contributed by atoms with van der Waals surface area (Å²) >= 11 is 0. The highest BCUT2D eigenvalue weighted by atomic mass is 16.4. The van der Waals surface area contributed by atoms with Crippen LogP contribution in [0.15, 0.2) is 72.8 Å². The van der Waals surface area contributed by atoms with Gasteiger partial charge in [0.1, 0.15) is 0 Å². The van der Waals surface area contributed by atoms with Gasteiger partial charge in [-0.3, -0.25) is 9.59 Å². The molecule has 0 aliphatic heterocycles. The Balaban J connectivity index is 2.09. The van der Waals surface area contributed by atoms with E-state index < -0.39 is 35.6 Å². The largest absolute Gasteiger partial charge is 0.481 e. The number of carboxylic acids is 2. The second-order valence-corrected chi connectivity index (χ2v) is 5.99. The summed E-state index contributed by atoms with van der Waals surface area (Å²) in [6.07, 6.45) is 3.68. The predicted molar refractivity (Wildman–Crippen MR) is 89.8 cm³/mol. The first-order valence-corrected chi connectivity index (χ1v) is 7.83. The van der Waals surface area contributed by atoms with Crippen LogP contribution in [0.3, 0.4) is 0 Å². The van der Waals surface area contributed by atoms with E-state index in [4.69, 9.17) is 0 Å². The van der Waals surface area contributed by atoms with E-state index in [1.54, 1.807) is 0 Å². The van der Waals surface area contributed by atoms with Gasteiger partial charge in [0.15, 0.2) is 0 Å². The zero-order chi connectivity index (χ0) is 17.1. The molecule has 0 heterocycles. The molecule has 0 radical (unpaired) electrons. The molecule has 3 rings (SSSR count). The van der Waals surface area contributed by atoms with Crippen molar-refractivity contribution in [3.63, 3.8) is 0 Å². The first-order valence-electron chi connectivity index (χ1n) is 7.83. The van der Waals surface area contributed by atoms with E-state index in [1.807, 2.05) is 72.8 Å². The average Bonchev–Trinajstić information content (AvgIpc) is 2.61. The molecular weight excluding hydrogens is 304 g/mol. The number of aliphatic carboxylic acids is 2. The lowest BCUT2D eigenvalue weighted by Crippen LogP contribution is -2.39. The summed E-state index contributed by atoms with van der Waals surface area (Å²) in [6, 6.07) is 18.4. The average molecular weight is 322 g/mol. The van der Waals surface area contributed by atoms with Crippen molar-refractivity contribution in [2.45, 2.75) is 11.8 Å². The minimum atomic E-state index is -1.08. The highest BCUT2D eigenvalue weighted by Crippen LogP contribution is 2.44. The zero-order valence-electron chi connectivity index (χ0n) is 12.9. The molecule has 1 aliphatic rings. The van der Waals surface area contributed by atoms with Gasteiger partial charge in [-0.1, -0.05) is 72.8 Å². The fraction of sp³-hybridized carbons (Fsp3) is 0.200. The van der Waals surface area contributed by atoms with Gasteiger partial charge in [0.2, 0.25) is 0 Å². The van der Waals surface area contributed by atoms with Crippen molar-refractivity contribution in [1.82, 2.24) is 0 Å². The second kappa shape index (κ2) is 6.71. The van der Waals surface area contributed by atoms with Crippen molar-refractivity contribution in [3.8, 4) is 0 Å². The molecule has 0 bridgehead atoms. The first kappa shape index (κ1) is 16.0. The Morgan fingerprint density at radius 3 is 1.25 bits per heavy atom. The van der Waals surface area contributed by atoms with Gasteiger partial charge in [-0.15, -0.1) is 0 Å². The van der Waals surface area contributed by atoms with Crippen LogP contribution in [0.25, 0.3) is 0 Å². The normalized spacial score (nSPS) is 26.0. The number of rotatable bonds is 4. The molecule has 4 atom stereocenters. The van der Waals surface area contributed by atoms with Crippen LogP contribution in [-0.4, -0.2) is 22.2 Å². The molecule has 1 aliphatic carbocycles. The molecule has 2 aromatic carbocycles. The third-order valence-electron chi connectivity index (χ3n) is 4.63. The molecule has 0 spiro atoms. The summed E-state index contributed by atoms with van der Waals surface area (Å²) in [5.41, 5.74) is 1.64. The van der Waals surface area contributed by atoms with Crippen molar-refractivity contribution in [2.24, 2.45) is 11.8 Å². The number of hydrogen-bond donors (Lipinski definition) is 2. The molecule has 0 fully saturated rings. The maximum absolute atomic E-state index is 11.9. The third kappa shape index (κ3) is 2.95. The van der Waals surface area contributed by atoms with Crippen molar-refractivity contribution in [2.75, 3.05) is 0 Å². The summed E-state index contributed by atoms with van der Waals surface area (Å²) in [6.45, 7) is 0. The molecule has 0 unspecified atom stereocenters. The van der Waals surface area contributed by atoms with E-state index in [2.05, 4.69) is 0 Å². The molecule has 0 aromatic heterocycles. The van der Waals surface area contributed by atoms with Crippen molar-refractivity contribution in [1.29, 1.82) is 0 Å². The molecule has 2 aromatic rings. The maximum atomic E-state index is 11.9. The van der Waals surface area contributed by atoms with E-state index in [0.717, 1.165) is 11.1 Å². The Bertz CT molecular complexity index is 686. The molecule has 24 heavy (non-hydrogen) atoms. The van der Waals surface area contributed by atoms with Gasteiger partial charge in [-0.05, 0) is 11.1 Å². The lowest BCUT2D eigenvalue weighted by molar-refractivity contribution is -0.155. The zero-order valence-corrected chi connectivity index (χ0v) is 12.9. The predicted octanol–water partition coefficient (Wildman–Crippen LogP) is 3.53. The smallest absolute Gasteiger partial charge is 0.308 e. The standard InChI is InChI=1S/C20H18O4/c21-19(22)17-15(13-7-3-1-4-8-13)11-12-16(18(17)20(23)24)14-9-5-2-6-10-14/h1-12,15-18H,(H,21,22)(H,23,24)/t15-,16+,17+,18-. The minimum Gasteiger partial charge on any atom is -0.481 e. The van der Waals surface area contributed by atoms with Crippen LogP contribution in [0.4, 0.5) is 0 Å². The van der Waals surface area contributed by atoms with Crippen LogP contribution in [0, 0.1) is 11.8 Å². The maximum Gasteiger partial charge on any atom is 0.308 e. The Morgan fingerprint density at radius 2 is 0.958 bits per heavy atom. The van der Waals surface area contributed by atoms with Gasteiger partial charge in [0, 0.05) is 11.8 Å². The van der Waals surface area contributed by atoms with Crippen molar-refractivity contribution >= 4 is 11.9 Å². The molecular formula is C20H18O4. The molecule has 0 saturated heterocycles. The Hall–Kier alpha value is -2.88. The first-order chi connectivity index (χ1) is 11.6. The monoisotopic (exact) mass is 322 g/mol. The summed E-state index contributed by atoms with van der Waals surface area (Å²) in [5, 5.41) is 19.5. The van der Waals surface area contributed by atoms with Crippen molar-refractivity contribution in [3.05, 3.63) is 83.9 Å². The third-order valence-corrected chi connectivity index (χ3v) is 4.63. The fourth-order valence-corrected chi connectivity index (χ4v) is 3.53. The lowest BCUT2D eigenvalue weighted by Gasteiger charge is -2.35. The van der Waals surface area contributed by atoms with Gasteiger partial charge >= 0.3 is 11.9 Å². The van der Waals surface area contributed by atoms with E-state index >= 15 is 0 Å². The second-order valence-electron chi connectivity index (χ2n) is 5.99. The Kier molecular flexibility index (Phi) is 4.47. The van der Waals surface area contributed by atoms with E-state index in [1.165, 1.54) is 0 Å². The quantitative estimate of drug-likeness (QED) is 0.845. The van der Waals surface area contributed by atoms with Gasteiger partial charge in [0.25, 0.3) is 0 Å². The summed E-state index contributed by atoms with van der Waals surface area (Å²) < 4.78 is 0. The van der Waals surface area contributed by atoms with Crippen LogP contribution < -0.4 is 0 Å². The van der Waals surface area contributed by atoms with Crippen LogP contribution in [0.5, 0.6) is 0 Å². The van der Waals surface area contributed by atoms with Crippen LogP contribution in [0.2, 0.25) is 0 Å². The van der Waals surface area contributed by atoms with Crippen molar-refractivity contribution < 1.29 is 19.8 Å². The number of benzene rings is 2. The van der Waals surface area contributed by atoms with Gasteiger partial charge in [-0.25, -0.2) is 0 Å². The number of carboxylic acid groups (broad SMARTS) is 2. The Labute approximate surface area is 140 Å². The summed E-state index contributed by atoms with van der Waals surface area (Å²) in [7, 11) is 0. The fourth-order valence-electron chi connectivity index (χ4n) is 3.53. The van der Waals surface area contributed by atoms with E-state index in [0.29, 0.717) is 0 Å². The molecule has 4 heteroatoms. The number of carbonyl (C=O) groups is 2. The SMILES string of the molecule is O=C(O)[C@@H]1[C@H](C(=O)O)[C@H](c2ccccc2)C=C[C@@H]1c1ccccc1. The van der Waals surface area contributed by atoms with Crippen LogP contribution in [-0.2, 0) is 9.59 Å². The number of hydrogen-bond acceptors (Lipinski definition) is 2. The minimum absolute atomic E-state index is 0.454. The van der Waals surface area contributed by atoms with E-state index in [9.17, 15) is 19.8 Å². The lowest BCUT2D eigenvalue weighted by atomic mass is 9.66. The molecule has 0 saturated carbocycles. The van der Waals surface area contributed by atoms with E-state index in [-0.39, 0.29) is 0 Å². The van der Waals surface area contributed by atoms with Gasteiger partial charge in [0.05, 0.1) is 11.8 Å².